The van der Waals surface area contributed by atoms with Crippen molar-refractivity contribution >= 4 is 11.7 Å². The number of carbonyl (C=O) groups is 1. The van der Waals surface area contributed by atoms with Gasteiger partial charge in [-0.05, 0) is 29.7 Å². The number of pyridine rings is 1. The van der Waals surface area contributed by atoms with Crippen molar-refractivity contribution in [2.75, 3.05) is 19.0 Å². The molecular weight excluding hydrogens is 380 g/mol. The predicted molar refractivity (Wildman–Crippen MR) is 119 cm³/mol. The number of aromatic carboxylic acids is 1. The Kier molecular flexibility index (Phi) is 6.06. The molecule has 0 aliphatic rings. The van der Waals surface area contributed by atoms with Crippen LogP contribution >= 0.6 is 0 Å². The number of nitrogens with zero attached hydrogens (tertiary/aromatic N) is 2. The average molecular weight is 404 g/mol. The number of allylic oxidation sites excluding steroid dienone is 1. The summed E-state index contributed by atoms with van der Waals surface area (Å²) in [6, 6.07) is 16.9. The van der Waals surface area contributed by atoms with Gasteiger partial charge in [0.05, 0.1) is 12.2 Å². The molecule has 0 spiro atoms. The van der Waals surface area contributed by atoms with Crippen LogP contribution in [0.15, 0.2) is 72.0 Å². The Bertz CT molecular complexity index is 1130. The van der Waals surface area contributed by atoms with Crippen LogP contribution in [0.5, 0.6) is 5.75 Å². The fraction of sp³-hybridized carbons (Fsp3) is 0.167. The monoisotopic (exact) mass is 404 g/mol. The van der Waals surface area contributed by atoms with E-state index in [1.54, 1.807) is 6.08 Å². The van der Waals surface area contributed by atoms with Crippen LogP contribution in [0.3, 0.4) is 0 Å². The summed E-state index contributed by atoms with van der Waals surface area (Å²) in [7, 11) is 3.86. The van der Waals surface area contributed by atoms with Gasteiger partial charge in [-0.1, -0.05) is 48.5 Å². The summed E-state index contributed by atoms with van der Waals surface area (Å²) in [6.45, 7) is 3.90. The van der Waals surface area contributed by atoms with Gasteiger partial charge in [0.15, 0.2) is 5.56 Å². The van der Waals surface area contributed by atoms with Crippen molar-refractivity contribution in [3.63, 3.8) is 0 Å². The Morgan fingerprint density at radius 1 is 1.10 bits per heavy atom. The summed E-state index contributed by atoms with van der Waals surface area (Å²) in [6.07, 6.45) is 1.79. The minimum Gasteiger partial charge on any atom is -0.506 e. The van der Waals surface area contributed by atoms with E-state index in [2.05, 4.69) is 6.58 Å². The molecule has 1 heterocycles. The number of carboxylic acids is 1. The highest BCUT2D eigenvalue weighted by Crippen LogP contribution is 2.33. The van der Waals surface area contributed by atoms with E-state index in [-0.39, 0.29) is 13.0 Å². The second-order valence-corrected chi connectivity index (χ2v) is 7.17. The van der Waals surface area contributed by atoms with E-state index < -0.39 is 22.8 Å². The van der Waals surface area contributed by atoms with Crippen LogP contribution in [0.4, 0.5) is 5.69 Å². The van der Waals surface area contributed by atoms with Crippen LogP contribution in [0.1, 0.15) is 21.5 Å². The molecule has 0 aliphatic carbocycles. The number of hydrogen-bond acceptors (Lipinski definition) is 4. The Hall–Kier alpha value is -3.80. The molecular formula is C24H24N2O4. The number of hydrogen-bond donors (Lipinski definition) is 2. The highest BCUT2D eigenvalue weighted by atomic mass is 16.4. The second-order valence-electron chi connectivity index (χ2n) is 7.17. The molecule has 0 saturated carbocycles. The average Bonchev–Trinajstić information content (AvgIpc) is 2.72. The molecule has 3 rings (SSSR count). The molecule has 0 atom stereocenters. The number of carboxylic acid groups (broad SMARTS) is 1. The molecule has 6 heteroatoms. The molecule has 154 valence electrons. The molecule has 1 aromatic heterocycles. The van der Waals surface area contributed by atoms with Crippen LogP contribution in [-0.4, -0.2) is 34.8 Å². The van der Waals surface area contributed by atoms with E-state index in [1.165, 1.54) is 4.57 Å². The van der Waals surface area contributed by atoms with Crippen molar-refractivity contribution in [2.24, 2.45) is 0 Å². The van der Waals surface area contributed by atoms with Gasteiger partial charge < -0.3 is 19.7 Å². The van der Waals surface area contributed by atoms with E-state index in [0.29, 0.717) is 16.8 Å². The highest BCUT2D eigenvalue weighted by Gasteiger charge is 2.26. The van der Waals surface area contributed by atoms with Crippen molar-refractivity contribution in [2.45, 2.75) is 13.0 Å². The van der Waals surface area contributed by atoms with Crippen LogP contribution in [0, 0.1) is 0 Å². The van der Waals surface area contributed by atoms with Gasteiger partial charge in [0.25, 0.3) is 5.56 Å². The molecule has 0 radical (unpaired) electrons. The first-order chi connectivity index (χ1) is 14.3. The van der Waals surface area contributed by atoms with Crippen molar-refractivity contribution < 1.29 is 15.0 Å². The topological polar surface area (TPSA) is 82.8 Å². The molecule has 0 fully saturated rings. The van der Waals surface area contributed by atoms with E-state index in [9.17, 15) is 19.8 Å². The molecule has 0 bridgehead atoms. The maximum absolute atomic E-state index is 13.1. The lowest BCUT2D eigenvalue weighted by molar-refractivity contribution is 0.0690. The van der Waals surface area contributed by atoms with E-state index in [4.69, 9.17) is 0 Å². The maximum Gasteiger partial charge on any atom is 0.345 e. The third kappa shape index (κ3) is 3.98. The van der Waals surface area contributed by atoms with Gasteiger partial charge in [-0.2, -0.15) is 0 Å². The summed E-state index contributed by atoms with van der Waals surface area (Å²) < 4.78 is 1.42. The molecule has 0 aliphatic heterocycles. The zero-order chi connectivity index (χ0) is 21.8. The van der Waals surface area contributed by atoms with Crippen LogP contribution in [-0.2, 0) is 13.0 Å². The van der Waals surface area contributed by atoms with Crippen LogP contribution in [0.2, 0.25) is 0 Å². The summed E-state index contributed by atoms with van der Waals surface area (Å²) >= 11 is 0. The minimum atomic E-state index is -1.46. The highest BCUT2D eigenvalue weighted by molar-refractivity contribution is 5.92. The van der Waals surface area contributed by atoms with Gasteiger partial charge >= 0.3 is 5.97 Å². The first kappa shape index (κ1) is 20.9. The van der Waals surface area contributed by atoms with Crippen molar-refractivity contribution in [3.8, 4) is 17.0 Å². The third-order valence-electron chi connectivity index (χ3n) is 4.94. The van der Waals surface area contributed by atoms with Crippen LogP contribution < -0.4 is 10.5 Å². The number of aromatic nitrogens is 1. The first-order valence-electron chi connectivity index (χ1n) is 9.49. The van der Waals surface area contributed by atoms with E-state index >= 15 is 0 Å². The number of rotatable bonds is 7. The zero-order valence-electron chi connectivity index (χ0n) is 17.0. The quantitative estimate of drug-likeness (QED) is 0.586. The largest absolute Gasteiger partial charge is 0.506 e. The molecule has 6 nitrogen and oxygen atoms in total. The fourth-order valence-corrected chi connectivity index (χ4v) is 3.46. The summed E-state index contributed by atoms with van der Waals surface area (Å²) in [5, 5.41) is 20.3. The molecule has 2 N–H and O–H groups in total. The molecule has 3 aromatic rings. The smallest absolute Gasteiger partial charge is 0.345 e. The van der Waals surface area contributed by atoms with Gasteiger partial charge in [-0.25, -0.2) is 4.79 Å². The summed E-state index contributed by atoms with van der Waals surface area (Å²) in [5.41, 5.74) is 1.99. The van der Waals surface area contributed by atoms with Gasteiger partial charge in [-0.3, -0.25) is 4.79 Å². The van der Waals surface area contributed by atoms with E-state index in [0.717, 1.165) is 11.3 Å². The standard InChI is InChI=1S/C24H24N2O4/c1-4-8-19-21(17-11-13-18(14-12-17)25(2)3)26(15-16-9-6-5-7-10-16)23(28)20(22(19)27)24(29)30/h4-7,9-14,27H,1,8,15H2,2-3H3,(H,29,30). The fourth-order valence-electron chi connectivity index (χ4n) is 3.46. The minimum absolute atomic E-state index is 0.176. The van der Waals surface area contributed by atoms with Crippen molar-refractivity contribution in [3.05, 3.63) is 94.3 Å². The summed E-state index contributed by atoms with van der Waals surface area (Å²) in [4.78, 5) is 26.9. The lowest BCUT2D eigenvalue weighted by Crippen LogP contribution is -2.29. The second kappa shape index (κ2) is 8.69. The Morgan fingerprint density at radius 2 is 1.73 bits per heavy atom. The van der Waals surface area contributed by atoms with Crippen LogP contribution in [0.25, 0.3) is 11.3 Å². The zero-order valence-corrected chi connectivity index (χ0v) is 17.0. The number of benzene rings is 2. The number of anilines is 1. The van der Waals surface area contributed by atoms with Crippen molar-refractivity contribution in [1.82, 2.24) is 4.57 Å². The SMILES string of the molecule is C=CCc1c(O)c(C(=O)O)c(=O)n(Cc2ccccc2)c1-c1ccc(N(C)C)cc1. The molecule has 0 saturated heterocycles. The summed E-state index contributed by atoms with van der Waals surface area (Å²) in [5.74, 6) is -1.97. The Morgan fingerprint density at radius 3 is 2.27 bits per heavy atom. The number of aromatic hydroxyl groups is 1. The third-order valence-corrected chi connectivity index (χ3v) is 4.94. The molecule has 0 amide bonds. The lowest BCUT2D eigenvalue weighted by Gasteiger charge is -2.21. The van der Waals surface area contributed by atoms with Crippen molar-refractivity contribution in [1.29, 1.82) is 0 Å². The van der Waals surface area contributed by atoms with Gasteiger partial charge in [0, 0.05) is 25.3 Å². The van der Waals surface area contributed by atoms with Gasteiger partial charge in [0.1, 0.15) is 5.75 Å². The van der Waals surface area contributed by atoms with Gasteiger partial charge in [0.2, 0.25) is 0 Å². The normalized spacial score (nSPS) is 10.6. The Balaban J connectivity index is 2.35. The maximum atomic E-state index is 13.1. The van der Waals surface area contributed by atoms with Gasteiger partial charge in [-0.15, -0.1) is 6.58 Å². The lowest BCUT2D eigenvalue weighted by atomic mass is 9.98. The molecule has 2 aromatic carbocycles. The predicted octanol–water partition coefficient (Wildman–Crippen LogP) is 3.76. The Labute approximate surface area is 175 Å². The first-order valence-corrected chi connectivity index (χ1v) is 9.49. The van der Waals surface area contributed by atoms with E-state index in [1.807, 2.05) is 73.6 Å². The molecule has 30 heavy (non-hydrogen) atoms. The molecule has 0 unspecified atom stereocenters.